The Morgan fingerprint density at radius 3 is 2.04 bits per heavy atom. The number of aromatic hydroxyl groups is 2. The van der Waals surface area contributed by atoms with E-state index in [2.05, 4.69) is 4.84 Å². The van der Waals surface area contributed by atoms with Crippen LogP contribution in [0.1, 0.15) is 15.9 Å². The minimum Gasteiger partial charge on any atom is -0.492 e. The Bertz CT molecular complexity index is 835. The van der Waals surface area contributed by atoms with Gasteiger partial charge in [-0.05, 0) is 17.3 Å². The number of alkyl halides is 3. The zero-order chi connectivity index (χ0) is 18.8. The van der Waals surface area contributed by atoms with E-state index in [4.69, 9.17) is 5.26 Å². The molecule has 0 aliphatic carbocycles. The molecule has 0 amide bonds. The van der Waals surface area contributed by atoms with Gasteiger partial charge in [0.2, 0.25) is 11.8 Å². The predicted octanol–water partition coefficient (Wildman–Crippen LogP) is 2.22. The summed E-state index contributed by atoms with van der Waals surface area (Å²) in [5.41, 5.74) is -4.65. The SMILES string of the molecule is N#CC(N=O)(c1ccc(C(=O)On2c(O)ccc2O)cc1)C(F)(F)F. The Morgan fingerprint density at radius 2 is 1.64 bits per heavy atom. The number of carbonyl (C=O) groups excluding carboxylic acids is 1. The van der Waals surface area contributed by atoms with E-state index < -0.39 is 35.0 Å². The minimum absolute atomic E-state index is 0.267. The summed E-state index contributed by atoms with van der Waals surface area (Å²) in [6, 6.07) is 6.10. The highest BCUT2D eigenvalue weighted by atomic mass is 19.4. The second-order valence-corrected chi connectivity index (χ2v) is 4.71. The lowest BCUT2D eigenvalue weighted by Crippen LogP contribution is -2.39. The number of nitroso groups, excluding NO2 is 1. The first kappa shape index (κ1) is 17.8. The fourth-order valence-corrected chi connectivity index (χ4v) is 1.89. The summed E-state index contributed by atoms with van der Waals surface area (Å²) >= 11 is 0. The Balaban J connectivity index is 2.32. The second kappa shape index (κ2) is 6.16. The monoisotopic (exact) mass is 355 g/mol. The van der Waals surface area contributed by atoms with Crippen molar-refractivity contribution in [1.29, 1.82) is 5.26 Å². The van der Waals surface area contributed by atoms with Gasteiger partial charge in [0.25, 0.3) is 0 Å². The van der Waals surface area contributed by atoms with Gasteiger partial charge in [-0.1, -0.05) is 12.1 Å². The van der Waals surface area contributed by atoms with Crippen LogP contribution in [-0.4, -0.2) is 27.1 Å². The maximum Gasteiger partial charge on any atom is 0.434 e. The molecule has 0 aliphatic heterocycles. The first-order valence-electron chi connectivity index (χ1n) is 6.41. The molecule has 0 fully saturated rings. The van der Waals surface area contributed by atoms with Crippen molar-refractivity contribution in [2.24, 2.45) is 5.18 Å². The fraction of sp³-hybridized carbons (Fsp3) is 0.143. The number of hydrogen-bond acceptors (Lipinski definition) is 7. The summed E-state index contributed by atoms with van der Waals surface area (Å²) in [4.78, 5) is 27.2. The van der Waals surface area contributed by atoms with E-state index in [9.17, 15) is 33.1 Å². The molecule has 25 heavy (non-hydrogen) atoms. The molecule has 1 aromatic carbocycles. The molecular formula is C14H8F3N3O5. The van der Waals surface area contributed by atoms with Gasteiger partial charge in [0.15, 0.2) is 0 Å². The lowest BCUT2D eigenvalue weighted by molar-refractivity contribution is -0.171. The van der Waals surface area contributed by atoms with Gasteiger partial charge in [-0.15, -0.1) is 9.64 Å². The second-order valence-electron chi connectivity index (χ2n) is 4.71. The third-order valence-corrected chi connectivity index (χ3v) is 3.22. The van der Waals surface area contributed by atoms with Gasteiger partial charge in [0.1, 0.15) is 6.07 Å². The lowest BCUT2D eigenvalue weighted by atomic mass is 9.91. The van der Waals surface area contributed by atoms with Crippen LogP contribution in [0.25, 0.3) is 0 Å². The number of nitrogens with zero attached hydrogens (tertiary/aromatic N) is 3. The molecule has 1 unspecified atom stereocenters. The lowest BCUT2D eigenvalue weighted by Gasteiger charge is -2.22. The predicted molar refractivity (Wildman–Crippen MR) is 74.3 cm³/mol. The van der Waals surface area contributed by atoms with E-state index in [0.29, 0.717) is 4.73 Å². The third kappa shape index (κ3) is 2.97. The molecule has 2 aromatic rings. The third-order valence-electron chi connectivity index (χ3n) is 3.22. The molecule has 0 saturated heterocycles. The summed E-state index contributed by atoms with van der Waals surface area (Å²) in [6.07, 6.45) is -5.26. The molecule has 0 aliphatic rings. The number of halogens is 3. The number of rotatable bonds is 4. The summed E-state index contributed by atoms with van der Waals surface area (Å²) in [7, 11) is 0. The van der Waals surface area contributed by atoms with Crippen LogP contribution < -0.4 is 4.84 Å². The van der Waals surface area contributed by atoms with Gasteiger partial charge in [0.05, 0.1) is 5.56 Å². The van der Waals surface area contributed by atoms with E-state index in [1.165, 1.54) is 0 Å². The van der Waals surface area contributed by atoms with Crippen molar-refractivity contribution in [1.82, 2.24) is 4.73 Å². The highest BCUT2D eigenvalue weighted by Gasteiger charge is 2.59. The molecule has 2 rings (SSSR count). The maximum atomic E-state index is 13.0. The van der Waals surface area contributed by atoms with Crippen LogP contribution in [0.2, 0.25) is 0 Å². The maximum absolute atomic E-state index is 13.0. The fourth-order valence-electron chi connectivity index (χ4n) is 1.89. The van der Waals surface area contributed by atoms with Gasteiger partial charge in [-0.2, -0.15) is 18.4 Å². The van der Waals surface area contributed by atoms with Crippen LogP contribution in [0.3, 0.4) is 0 Å². The molecule has 11 heteroatoms. The Labute approximate surface area is 137 Å². The van der Waals surface area contributed by atoms with Crippen LogP contribution in [0.4, 0.5) is 13.2 Å². The molecule has 1 atom stereocenters. The van der Waals surface area contributed by atoms with Gasteiger partial charge in [-0.25, -0.2) is 4.79 Å². The summed E-state index contributed by atoms with van der Waals surface area (Å²) in [5, 5.41) is 29.4. The highest BCUT2D eigenvalue weighted by Crippen LogP contribution is 2.41. The summed E-state index contributed by atoms with van der Waals surface area (Å²) in [6.45, 7) is 0. The smallest absolute Gasteiger partial charge is 0.434 e. The standard InChI is InChI=1S/C14H8F3N3O5/c15-14(16,17)13(7-18,19-24)9-3-1-8(2-4-9)12(23)25-20-10(21)5-6-11(20)22/h1-6,21-22H. The average Bonchev–Trinajstić information content (AvgIpc) is 2.87. The van der Waals surface area contributed by atoms with E-state index in [-0.39, 0.29) is 5.56 Å². The topological polar surface area (TPSA) is 125 Å². The van der Waals surface area contributed by atoms with Gasteiger partial charge >= 0.3 is 17.7 Å². The van der Waals surface area contributed by atoms with Crippen molar-refractivity contribution in [2.45, 2.75) is 11.7 Å². The van der Waals surface area contributed by atoms with E-state index in [0.717, 1.165) is 42.5 Å². The van der Waals surface area contributed by atoms with Crippen molar-refractivity contribution in [3.05, 3.63) is 52.4 Å². The number of hydrogen-bond donors (Lipinski definition) is 2. The average molecular weight is 355 g/mol. The molecule has 1 heterocycles. The Kier molecular flexibility index (Phi) is 4.38. The Morgan fingerprint density at radius 1 is 1.12 bits per heavy atom. The molecule has 0 saturated carbocycles. The molecule has 8 nitrogen and oxygen atoms in total. The normalized spacial score (nSPS) is 13.5. The first-order chi connectivity index (χ1) is 11.7. The highest BCUT2D eigenvalue weighted by molar-refractivity contribution is 5.89. The van der Waals surface area contributed by atoms with Gasteiger partial charge < -0.3 is 15.1 Å². The molecule has 0 radical (unpaired) electrons. The van der Waals surface area contributed by atoms with Crippen molar-refractivity contribution >= 4 is 5.97 Å². The van der Waals surface area contributed by atoms with Crippen LogP contribution >= 0.6 is 0 Å². The van der Waals surface area contributed by atoms with Gasteiger partial charge in [0, 0.05) is 17.7 Å². The molecule has 1 aromatic heterocycles. The quantitative estimate of drug-likeness (QED) is 0.810. The molecular weight excluding hydrogens is 347 g/mol. The van der Waals surface area contributed by atoms with E-state index in [1.807, 2.05) is 5.18 Å². The molecule has 2 N–H and O–H groups in total. The molecule has 0 bridgehead atoms. The number of aromatic nitrogens is 1. The number of carbonyl (C=O) groups is 1. The largest absolute Gasteiger partial charge is 0.492 e. The van der Waals surface area contributed by atoms with Crippen molar-refractivity contribution in [3.8, 4) is 17.8 Å². The summed E-state index contributed by atoms with van der Waals surface area (Å²) < 4.78 is 39.4. The number of benzene rings is 1. The van der Waals surface area contributed by atoms with Gasteiger partial charge in [-0.3, -0.25) is 0 Å². The van der Waals surface area contributed by atoms with Crippen LogP contribution in [0.15, 0.2) is 41.6 Å². The van der Waals surface area contributed by atoms with Crippen molar-refractivity contribution < 1.29 is 33.0 Å². The van der Waals surface area contributed by atoms with E-state index >= 15 is 0 Å². The van der Waals surface area contributed by atoms with Crippen molar-refractivity contribution in [3.63, 3.8) is 0 Å². The zero-order valence-electron chi connectivity index (χ0n) is 12.1. The van der Waals surface area contributed by atoms with Crippen molar-refractivity contribution in [2.75, 3.05) is 0 Å². The zero-order valence-corrected chi connectivity index (χ0v) is 12.1. The van der Waals surface area contributed by atoms with Crippen LogP contribution in [0, 0.1) is 16.2 Å². The minimum atomic E-state index is -5.26. The first-order valence-corrected chi connectivity index (χ1v) is 6.41. The molecule has 130 valence electrons. The number of nitriles is 1. The van der Waals surface area contributed by atoms with E-state index in [1.54, 1.807) is 0 Å². The summed E-state index contributed by atoms with van der Waals surface area (Å²) in [5.74, 6) is -2.30. The Hall–Kier alpha value is -3.55. The van der Waals surface area contributed by atoms with Crippen LogP contribution in [0.5, 0.6) is 11.8 Å². The molecule has 0 spiro atoms. The van der Waals surface area contributed by atoms with Crippen LogP contribution in [-0.2, 0) is 5.54 Å².